The van der Waals surface area contributed by atoms with Crippen LogP contribution in [0.4, 0.5) is 0 Å². The Kier molecular flexibility index (Phi) is 14.5. The van der Waals surface area contributed by atoms with E-state index in [-0.39, 0.29) is 12.8 Å². The highest BCUT2D eigenvalue weighted by atomic mass is 16.4. The summed E-state index contributed by atoms with van der Waals surface area (Å²) in [5, 5.41) is 18.7. The summed E-state index contributed by atoms with van der Waals surface area (Å²) in [4.78, 5) is 20.6. The van der Waals surface area contributed by atoms with Gasteiger partial charge in [-0.15, -0.1) is 0 Å². The van der Waals surface area contributed by atoms with Crippen molar-refractivity contribution in [1.29, 1.82) is 0 Å². The van der Waals surface area contributed by atoms with E-state index in [1.807, 2.05) is 0 Å². The molecule has 0 saturated heterocycles. The highest BCUT2D eigenvalue weighted by molar-refractivity contribution is 5.98. The van der Waals surface area contributed by atoms with Gasteiger partial charge in [-0.05, 0) is 25.7 Å². The first-order chi connectivity index (χ1) is 12.0. The number of carboxylic acids is 2. The van der Waals surface area contributed by atoms with Crippen molar-refractivity contribution >= 4 is 11.9 Å². The Labute approximate surface area is 153 Å². The molecule has 5 heteroatoms. The molecule has 0 amide bonds. The molecule has 148 valence electrons. The number of rotatable bonds is 14. The first-order valence-electron chi connectivity index (χ1n) is 10.3. The van der Waals surface area contributed by atoms with Crippen LogP contribution in [0.3, 0.4) is 0 Å². The van der Waals surface area contributed by atoms with E-state index in [0.717, 1.165) is 6.54 Å². The predicted octanol–water partition coefficient (Wildman–Crippen LogP) is 2.92. The maximum Gasteiger partial charge on any atom is 0.315 e. The van der Waals surface area contributed by atoms with Crippen LogP contribution in [0, 0.1) is 5.41 Å². The van der Waals surface area contributed by atoms with Crippen LogP contribution in [0.25, 0.3) is 0 Å². The standard InChI is InChI=1S/C14H31N.C6H8O4/c1-2-3-4-5-6-7-8-9-10-11-12-13-14-15;7-4(8)6(5(9)10)2-1-3-6/h2-15H2,1H3;1-3H2,(H,7,8)(H,9,10). The van der Waals surface area contributed by atoms with Crippen LogP contribution in [0.15, 0.2) is 0 Å². The lowest BCUT2D eigenvalue weighted by molar-refractivity contribution is -0.368. The molecular weight excluding hydrogens is 318 g/mol. The van der Waals surface area contributed by atoms with Crippen LogP contribution in [-0.4, -0.2) is 23.6 Å². The van der Waals surface area contributed by atoms with Crippen molar-refractivity contribution in [2.45, 2.75) is 103 Å². The zero-order valence-corrected chi connectivity index (χ0v) is 16.2. The van der Waals surface area contributed by atoms with E-state index < -0.39 is 17.4 Å². The average molecular weight is 358 g/mol. The Balaban J connectivity index is 0.000000496. The molecule has 0 spiro atoms. The lowest BCUT2D eigenvalue weighted by Crippen LogP contribution is -2.52. The van der Waals surface area contributed by atoms with Gasteiger partial charge in [-0.25, -0.2) is 0 Å². The molecule has 0 bridgehead atoms. The first-order valence-corrected chi connectivity index (χ1v) is 10.3. The summed E-state index contributed by atoms with van der Waals surface area (Å²) in [6.07, 6.45) is 18.3. The molecule has 0 heterocycles. The van der Waals surface area contributed by atoms with Crippen molar-refractivity contribution in [3.63, 3.8) is 0 Å². The molecule has 25 heavy (non-hydrogen) atoms. The minimum Gasteiger partial charge on any atom is -0.549 e. The van der Waals surface area contributed by atoms with E-state index in [4.69, 9.17) is 5.11 Å². The molecule has 1 fully saturated rings. The van der Waals surface area contributed by atoms with Crippen molar-refractivity contribution in [3.8, 4) is 0 Å². The number of quaternary nitrogens is 1. The summed E-state index contributed by atoms with van der Waals surface area (Å²) in [6, 6.07) is 0. The zero-order valence-electron chi connectivity index (χ0n) is 16.2. The topological polar surface area (TPSA) is 105 Å². The maximum atomic E-state index is 10.3. The Morgan fingerprint density at radius 1 is 0.880 bits per heavy atom. The van der Waals surface area contributed by atoms with Gasteiger partial charge in [0.05, 0.1) is 12.5 Å². The molecule has 0 aromatic carbocycles. The summed E-state index contributed by atoms with van der Waals surface area (Å²) >= 11 is 0. The van der Waals surface area contributed by atoms with Gasteiger partial charge >= 0.3 is 5.97 Å². The highest BCUT2D eigenvalue weighted by Crippen LogP contribution is 2.40. The quantitative estimate of drug-likeness (QED) is 0.368. The van der Waals surface area contributed by atoms with Crippen molar-refractivity contribution in [1.82, 2.24) is 0 Å². The van der Waals surface area contributed by atoms with Gasteiger partial charge in [-0.2, -0.15) is 0 Å². The number of carbonyl (C=O) groups is 2. The molecule has 0 aromatic rings. The smallest absolute Gasteiger partial charge is 0.315 e. The molecule has 0 radical (unpaired) electrons. The van der Waals surface area contributed by atoms with Crippen molar-refractivity contribution in [3.05, 3.63) is 0 Å². The van der Waals surface area contributed by atoms with Crippen LogP contribution in [-0.2, 0) is 9.59 Å². The van der Waals surface area contributed by atoms with Crippen molar-refractivity contribution < 1.29 is 25.5 Å². The Morgan fingerprint density at radius 2 is 1.28 bits per heavy atom. The SMILES string of the molecule is CCCCCCCCCCCCCC[NH3+].O=C([O-])C1(C(=O)O)CCC1. The van der Waals surface area contributed by atoms with Crippen molar-refractivity contribution in [2.24, 2.45) is 5.41 Å². The Hall–Kier alpha value is -1.10. The molecule has 1 rings (SSSR count). The molecule has 0 atom stereocenters. The van der Waals surface area contributed by atoms with Crippen LogP contribution in [0.5, 0.6) is 0 Å². The molecule has 1 aliphatic rings. The van der Waals surface area contributed by atoms with E-state index in [9.17, 15) is 14.7 Å². The minimum absolute atomic E-state index is 0.213. The average Bonchev–Trinajstić information content (AvgIpc) is 2.51. The van der Waals surface area contributed by atoms with E-state index in [0.29, 0.717) is 6.42 Å². The van der Waals surface area contributed by atoms with Gasteiger partial charge in [0, 0.05) is 0 Å². The second kappa shape index (κ2) is 15.2. The largest absolute Gasteiger partial charge is 0.549 e. The maximum absolute atomic E-state index is 10.3. The molecule has 0 unspecified atom stereocenters. The number of hydrogen-bond donors (Lipinski definition) is 2. The first kappa shape index (κ1) is 23.9. The minimum atomic E-state index is -1.56. The van der Waals surface area contributed by atoms with Gasteiger partial charge in [-0.1, -0.05) is 77.6 Å². The molecule has 5 nitrogen and oxygen atoms in total. The Morgan fingerprint density at radius 3 is 1.48 bits per heavy atom. The molecule has 4 N–H and O–H groups in total. The zero-order chi connectivity index (χ0) is 19.0. The number of carbonyl (C=O) groups excluding carboxylic acids is 1. The van der Waals surface area contributed by atoms with Crippen molar-refractivity contribution in [2.75, 3.05) is 6.54 Å². The van der Waals surface area contributed by atoms with Gasteiger partial charge < -0.3 is 20.7 Å². The van der Waals surface area contributed by atoms with Gasteiger partial charge in [-0.3, -0.25) is 4.79 Å². The molecule has 1 saturated carbocycles. The summed E-state index contributed by atoms with van der Waals surface area (Å²) in [5.41, 5.74) is 2.31. The normalized spacial score (nSPS) is 15.0. The third-order valence-electron chi connectivity index (χ3n) is 5.11. The van der Waals surface area contributed by atoms with Gasteiger partial charge in [0.1, 0.15) is 5.41 Å². The number of hydrogen-bond acceptors (Lipinski definition) is 3. The van der Waals surface area contributed by atoms with Gasteiger partial charge in [0.15, 0.2) is 0 Å². The van der Waals surface area contributed by atoms with Gasteiger partial charge in [0.2, 0.25) is 0 Å². The van der Waals surface area contributed by atoms with E-state index >= 15 is 0 Å². The molecule has 0 aromatic heterocycles. The summed E-state index contributed by atoms with van der Waals surface area (Å²) in [7, 11) is 0. The lowest BCUT2D eigenvalue weighted by atomic mass is 9.69. The fraction of sp³-hybridized carbons (Fsp3) is 0.900. The van der Waals surface area contributed by atoms with E-state index in [2.05, 4.69) is 12.7 Å². The number of aliphatic carboxylic acids is 2. The molecule has 0 aliphatic heterocycles. The second-order valence-corrected chi connectivity index (χ2v) is 7.27. The van der Waals surface area contributed by atoms with Crippen LogP contribution in [0.2, 0.25) is 0 Å². The van der Waals surface area contributed by atoms with E-state index in [1.165, 1.54) is 77.0 Å². The third kappa shape index (κ3) is 10.5. The fourth-order valence-electron chi connectivity index (χ4n) is 3.05. The van der Waals surface area contributed by atoms with E-state index in [1.54, 1.807) is 0 Å². The van der Waals surface area contributed by atoms with Crippen LogP contribution < -0.4 is 10.8 Å². The number of unbranched alkanes of at least 4 members (excludes halogenated alkanes) is 11. The Bertz CT molecular complexity index is 326. The summed E-state index contributed by atoms with van der Waals surface area (Å²) in [5.74, 6) is -2.72. The molecular formula is C20H39NO4. The van der Waals surface area contributed by atoms with Crippen LogP contribution >= 0.6 is 0 Å². The second-order valence-electron chi connectivity index (χ2n) is 7.27. The highest BCUT2D eigenvalue weighted by Gasteiger charge is 2.45. The van der Waals surface area contributed by atoms with Crippen LogP contribution in [0.1, 0.15) is 103 Å². The number of carboxylic acid groups (broad SMARTS) is 2. The molecule has 1 aliphatic carbocycles. The predicted molar refractivity (Wildman–Crippen MR) is 97.8 cm³/mol. The summed E-state index contributed by atoms with van der Waals surface area (Å²) < 4.78 is 0. The fourth-order valence-corrected chi connectivity index (χ4v) is 3.05. The third-order valence-corrected chi connectivity index (χ3v) is 5.11. The monoisotopic (exact) mass is 357 g/mol. The lowest BCUT2D eigenvalue weighted by Gasteiger charge is -2.38. The summed E-state index contributed by atoms with van der Waals surface area (Å²) in [6.45, 7) is 3.41. The van der Waals surface area contributed by atoms with Gasteiger partial charge in [0.25, 0.3) is 0 Å².